The lowest BCUT2D eigenvalue weighted by Gasteiger charge is -2.21. The molecule has 6 rings (SSSR count). The van der Waals surface area contributed by atoms with Crippen molar-refractivity contribution in [1.29, 1.82) is 0 Å². The lowest BCUT2D eigenvalue weighted by atomic mass is 9.97. The quantitative estimate of drug-likeness (QED) is 0.213. The van der Waals surface area contributed by atoms with E-state index in [1.165, 1.54) is 11.3 Å². The Morgan fingerprint density at radius 2 is 1.90 bits per heavy atom. The average Bonchev–Trinajstić information content (AvgIpc) is 3.69. The fourth-order valence-corrected chi connectivity index (χ4v) is 5.72. The number of fused-ring (bicyclic) bond motifs is 1. The summed E-state index contributed by atoms with van der Waals surface area (Å²) in [6.45, 7) is 3.28. The second-order valence-electron chi connectivity index (χ2n) is 10.1. The third kappa shape index (κ3) is 5.16. The number of aromatic nitrogens is 4. The maximum atomic E-state index is 12.0. The van der Waals surface area contributed by atoms with E-state index in [0.29, 0.717) is 24.6 Å². The zero-order valence-electron chi connectivity index (χ0n) is 22.4. The van der Waals surface area contributed by atoms with Gasteiger partial charge in [0.15, 0.2) is 16.7 Å². The second-order valence-corrected chi connectivity index (χ2v) is 10.4. The van der Waals surface area contributed by atoms with E-state index in [1.54, 1.807) is 4.57 Å². The molecular formula is C31H28ClN5O4. The van der Waals surface area contributed by atoms with Crippen LogP contribution < -0.4 is 10.7 Å². The van der Waals surface area contributed by atoms with E-state index in [9.17, 15) is 14.7 Å². The molecule has 0 unspecified atom stereocenters. The topological polar surface area (TPSA) is 117 Å². The maximum Gasteiger partial charge on any atom is 0.439 e. The van der Waals surface area contributed by atoms with Gasteiger partial charge in [0.1, 0.15) is 5.82 Å². The molecule has 5 aromatic rings. The molecule has 9 nitrogen and oxygen atoms in total. The van der Waals surface area contributed by atoms with Crippen molar-refractivity contribution in [2.24, 2.45) is 0 Å². The summed E-state index contributed by atoms with van der Waals surface area (Å²) in [5, 5.41) is 13.7. The highest BCUT2D eigenvalue weighted by atomic mass is 35.5. The number of aryl methyl sites for hydroxylation is 1. The smallest absolute Gasteiger partial charge is 0.439 e. The molecule has 0 saturated heterocycles. The molecule has 1 aliphatic rings. The minimum atomic E-state index is -1.10. The van der Waals surface area contributed by atoms with Crippen LogP contribution in [0.4, 0.5) is 11.4 Å². The number of aromatic amines is 1. The Labute approximate surface area is 241 Å². The van der Waals surface area contributed by atoms with Gasteiger partial charge in [-0.2, -0.15) is 0 Å². The number of hydrogen-bond acceptors (Lipinski definition) is 6. The van der Waals surface area contributed by atoms with Crippen LogP contribution >= 0.6 is 11.6 Å². The van der Waals surface area contributed by atoms with Gasteiger partial charge in [-0.3, -0.25) is 9.51 Å². The lowest BCUT2D eigenvalue weighted by Crippen LogP contribution is -2.13. The molecule has 2 aromatic heterocycles. The third-order valence-electron chi connectivity index (χ3n) is 7.46. The van der Waals surface area contributed by atoms with Crippen molar-refractivity contribution >= 4 is 28.9 Å². The highest BCUT2D eigenvalue weighted by molar-refractivity contribution is 6.32. The first-order chi connectivity index (χ1) is 19.9. The van der Waals surface area contributed by atoms with Crippen LogP contribution in [0.15, 0.2) is 76.0 Å². The van der Waals surface area contributed by atoms with E-state index >= 15 is 0 Å². The van der Waals surface area contributed by atoms with Gasteiger partial charge in [0.2, 0.25) is 0 Å². The summed E-state index contributed by atoms with van der Waals surface area (Å²) < 4.78 is 6.49. The molecule has 3 aromatic carbocycles. The van der Waals surface area contributed by atoms with E-state index < -0.39 is 11.7 Å². The van der Waals surface area contributed by atoms with Crippen molar-refractivity contribution in [3.63, 3.8) is 0 Å². The number of halogens is 1. The van der Waals surface area contributed by atoms with Gasteiger partial charge >= 0.3 is 11.7 Å². The number of carboxylic acids is 1. The monoisotopic (exact) mass is 569 g/mol. The zero-order chi connectivity index (χ0) is 28.5. The van der Waals surface area contributed by atoms with E-state index in [2.05, 4.69) is 51.2 Å². The van der Waals surface area contributed by atoms with Gasteiger partial charge in [0.05, 0.1) is 0 Å². The average molecular weight is 570 g/mol. The van der Waals surface area contributed by atoms with Crippen LogP contribution in [0.5, 0.6) is 0 Å². The Morgan fingerprint density at radius 3 is 2.63 bits per heavy atom. The molecule has 0 spiro atoms. The van der Waals surface area contributed by atoms with Crippen LogP contribution in [0.2, 0.25) is 5.15 Å². The number of hydrogen-bond donors (Lipinski definition) is 2. The minimum absolute atomic E-state index is 0.00212. The van der Waals surface area contributed by atoms with Crippen molar-refractivity contribution in [2.45, 2.75) is 39.2 Å². The summed E-state index contributed by atoms with van der Waals surface area (Å²) in [6, 6.07) is 22.3. The van der Waals surface area contributed by atoms with Crippen molar-refractivity contribution in [3.05, 3.63) is 105 Å². The first-order valence-corrected chi connectivity index (χ1v) is 13.9. The van der Waals surface area contributed by atoms with Gasteiger partial charge in [-0.05, 0) is 59.4 Å². The Bertz CT molecular complexity index is 1790. The van der Waals surface area contributed by atoms with Gasteiger partial charge in [-0.1, -0.05) is 72.6 Å². The summed E-state index contributed by atoms with van der Waals surface area (Å²) in [7, 11) is 0. The molecule has 0 fully saturated rings. The van der Waals surface area contributed by atoms with Gasteiger partial charge in [0.25, 0.3) is 0 Å². The summed E-state index contributed by atoms with van der Waals surface area (Å²) in [5.74, 6) is -0.712. The summed E-state index contributed by atoms with van der Waals surface area (Å²) in [4.78, 5) is 33.0. The second kappa shape index (κ2) is 11.1. The molecule has 208 valence electrons. The summed E-state index contributed by atoms with van der Waals surface area (Å²) in [6.07, 6.45) is 3.46. The third-order valence-corrected chi connectivity index (χ3v) is 7.73. The molecule has 0 amide bonds. The Morgan fingerprint density at radius 1 is 1.10 bits per heavy atom. The fraction of sp³-hybridized carbons (Fsp3) is 0.226. The van der Waals surface area contributed by atoms with Crippen LogP contribution in [-0.4, -0.2) is 37.3 Å². The molecule has 10 heteroatoms. The SMILES string of the molecule is CCCCc1nc(Cl)c(C(=O)O)n1Cc1ccc(-c2cc(N3CCc4ccccc43)ccc2-c2noc(=O)[nH]2)cc1. The van der Waals surface area contributed by atoms with Gasteiger partial charge in [-0.15, -0.1) is 0 Å². The van der Waals surface area contributed by atoms with E-state index in [4.69, 9.17) is 16.1 Å². The minimum Gasteiger partial charge on any atom is -0.476 e. The Kier molecular flexibility index (Phi) is 7.19. The number of aromatic carboxylic acids is 1. The molecular weight excluding hydrogens is 542 g/mol. The number of carbonyl (C=O) groups is 1. The van der Waals surface area contributed by atoms with Crippen LogP contribution in [0.3, 0.4) is 0 Å². The molecule has 0 atom stereocenters. The number of benzene rings is 3. The molecule has 1 aliphatic heterocycles. The Balaban J connectivity index is 1.37. The van der Waals surface area contributed by atoms with Crippen LogP contribution in [0.25, 0.3) is 22.5 Å². The fourth-order valence-electron chi connectivity index (χ4n) is 5.44. The normalized spacial score (nSPS) is 12.6. The molecule has 0 radical (unpaired) electrons. The largest absolute Gasteiger partial charge is 0.476 e. The number of rotatable bonds is 9. The van der Waals surface area contributed by atoms with Crippen molar-refractivity contribution in [2.75, 3.05) is 11.4 Å². The number of H-pyrrole nitrogens is 1. The van der Waals surface area contributed by atoms with Gasteiger partial charge in [-0.25, -0.2) is 14.6 Å². The first kappa shape index (κ1) is 26.6. The number of anilines is 2. The number of unbranched alkanes of at least 4 members (excludes halogenated alkanes) is 1. The first-order valence-electron chi connectivity index (χ1n) is 13.6. The number of para-hydroxylation sites is 1. The summed E-state index contributed by atoms with van der Waals surface area (Å²) >= 11 is 6.22. The molecule has 0 saturated carbocycles. The van der Waals surface area contributed by atoms with Crippen LogP contribution in [0.1, 0.15) is 47.2 Å². The maximum absolute atomic E-state index is 12.0. The number of imidazole rings is 1. The Hall–Kier alpha value is -4.63. The van der Waals surface area contributed by atoms with E-state index in [0.717, 1.165) is 53.7 Å². The molecule has 0 bridgehead atoms. The van der Waals surface area contributed by atoms with Crippen LogP contribution in [0, 0.1) is 0 Å². The van der Waals surface area contributed by atoms with Crippen LogP contribution in [-0.2, 0) is 19.4 Å². The van der Waals surface area contributed by atoms with Crippen molar-refractivity contribution in [1.82, 2.24) is 19.7 Å². The van der Waals surface area contributed by atoms with Crippen molar-refractivity contribution < 1.29 is 14.4 Å². The summed E-state index contributed by atoms with van der Waals surface area (Å²) in [5.41, 5.74) is 6.95. The van der Waals surface area contributed by atoms with Gasteiger partial charge in [0, 0.05) is 36.4 Å². The highest BCUT2D eigenvalue weighted by Gasteiger charge is 2.23. The standard InChI is InChI=1S/C31H28ClN5O4/c1-2-3-8-26-33-28(32)27(30(38)39)37(26)18-19-9-11-20(12-10-19)24-17-22(13-14-23(24)29-34-31(40)41-35-29)36-16-15-21-6-4-5-7-25(21)36/h4-7,9-14,17H,2-3,8,15-16,18H2,1H3,(H,38,39)(H,34,35,40). The number of carboxylic acid groups (broad SMARTS) is 1. The number of nitrogens with zero attached hydrogens (tertiary/aromatic N) is 4. The molecule has 41 heavy (non-hydrogen) atoms. The zero-order valence-corrected chi connectivity index (χ0v) is 23.2. The van der Waals surface area contributed by atoms with Gasteiger partial charge < -0.3 is 14.6 Å². The number of nitrogens with one attached hydrogen (secondary N) is 1. The molecule has 0 aliphatic carbocycles. The lowest BCUT2D eigenvalue weighted by molar-refractivity contribution is 0.0685. The van der Waals surface area contributed by atoms with E-state index in [1.807, 2.05) is 42.5 Å². The molecule has 3 heterocycles. The highest BCUT2D eigenvalue weighted by Crippen LogP contribution is 2.39. The molecule has 2 N–H and O–H groups in total. The predicted octanol–water partition coefficient (Wildman–Crippen LogP) is 6.33. The van der Waals surface area contributed by atoms with Crippen molar-refractivity contribution in [3.8, 4) is 22.5 Å². The predicted molar refractivity (Wildman–Crippen MR) is 157 cm³/mol. The van der Waals surface area contributed by atoms with E-state index in [-0.39, 0.29) is 10.8 Å².